The molecule has 0 saturated carbocycles. The minimum absolute atomic E-state index is 0.122. The zero-order valence-electron chi connectivity index (χ0n) is 13.2. The van der Waals surface area contributed by atoms with Gasteiger partial charge < -0.3 is 24.0 Å². The van der Waals surface area contributed by atoms with Crippen molar-refractivity contribution in [2.75, 3.05) is 32.7 Å². The van der Waals surface area contributed by atoms with Crippen LogP contribution in [0.4, 0.5) is 0 Å². The highest BCUT2D eigenvalue weighted by atomic mass is 79.9. The van der Waals surface area contributed by atoms with Crippen LogP contribution in [-0.2, 0) is 4.79 Å². The number of piperazine rings is 1. The van der Waals surface area contributed by atoms with Crippen LogP contribution in [0.15, 0.2) is 44.0 Å². The number of rotatable bonds is 4. The van der Waals surface area contributed by atoms with E-state index in [9.17, 15) is 14.4 Å². The normalized spacial score (nSPS) is 14.4. The summed E-state index contributed by atoms with van der Waals surface area (Å²) in [6.45, 7) is 1.54. The molecule has 132 valence electrons. The molecule has 0 bridgehead atoms. The summed E-state index contributed by atoms with van der Waals surface area (Å²) < 4.78 is 10.7. The van der Waals surface area contributed by atoms with E-state index < -0.39 is 5.91 Å². The van der Waals surface area contributed by atoms with Crippen LogP contribution in [0.25, 0.3) is 0 Å². The number of carbonyl (C=O) groups excluding carboxylic acids is 3. The van der Waals surface area contributed by atoms with E-state index >= 15 is 0 Å². The van der Waals surface area contributed by atoms with Crippen LogP contribution < -0.4 is 5.32 Å². The van der Waals surface area contributed by atoms with Crippen molar-refractivity contribution in [3.05, 3.63) is 46.7 Å². The molecule has 1 saturated heterocycles. The number of amides is 3. The first kappa shape index (κ1) is 17.3. The Bertz CT molecular complexity index is 763. The van der Waals surface area contributed by atoms with Crippen LogP contribution >= 0.6 is 15.9 Å². The van der Waals surface area contributed by atoms with E-state index in [1.54, 1.807) is 28.0 Å². The van der Waals surface area contributed by atoms with Crippen molar-refractivity contribution in [2.24, 2.45) is 0 Å². The molecule has 2 aromatic heterocycles. The predicted octanol–water partition coefficient (Wildman–Crippen LogP) is 1.35. The van der Waals surface area contributed by atoms with Crippen LogP contribution in [0.2, 0.25) is 0 Å². The van der Waals surface area contributed by atoms with E-state index in [2.05, 4.69) is 21.2 Å². The molecule has 0 unspecified atom stereocenters. The lowest BCUT2D eigenvalue weighted by Gasteiger charge is -2.34. The Morgan fingerprint density at radius 2 is 1.76 bits per heavy atom. The Morgan fingerprint density at radius 3 is 2.36 bits per heavy atom. The van der Waals surface area contributed by atoms with Crippen LogP contribution in [-0.4, -0.2) is 60.2 Å². The third kappa shape index (κ3) is 4.11. The summed E-state index contributed by atoms with van der Waals surface area (Å²) in [5.74, 6) is -0.422. The molecule has 8 nitrogen and oxygen atoms in total. The van der Waals surface area contributed by atoms with Crippen molar-refractivity contribution >= 4 is 33.7 Å². The molecule has 3 rings (SSSR count). The fourth-order valence-electron chi connectivity index (χ4n) is 2.51. The van der Waals surface area contributed by atoms with E-state index in [1.165, 1.54) is 12.3 Å². The monoisotopic (exact) mass is 409 g/mol. The number of carbonyl (C=O) groups is 3. The lowest BCUT2D eigenvalue weighted by Crippen LogP contribution is -2.52. The molecule has 1 N–H and O–H groups in total. The third-order valence-electron chi connectivity index (χ3n) is 3.85. The van der Waals surface area contributed by atoms with Gasteiger partial charge in [-0.25, -0.2) is 0 Å². The van der Waals surface area contributed by atoms with Gasteiger partial charge in [0.05, 0.1) is 12.8 Å². The standard InChI is InChI=1S/C16H16BrN3O5/c17-13-4-3-11(25-13)15(22)18-10-14(21)19-5-7-20(8-6-19)16(23)12-2-1-9-24-12/h1-4,9H,5-8,10H2,(H,18,22). The fraction of sp³-hybridized carbons (Fsp3) is 0.312. The minimum atomic E-state index is -0.453. The molecule has 0 radical (unpaired) electrons. The first-order valence-electron chi connectivity index (χ1n) is 7.68. The molecule has 3 heterocycles. The van der Waals surface area contributed by atoms with Crippen molar-refractivity contribution in [1.29, 1.82) is 0 Å². The number of hydrogen-bond acceptors (Lipinski definition) is 5. The second-order valence-electron chi connectivity index (χ2n) is 5.44. The summed E-state index contributed by atoms with van der Waals surface area (Å²) in [4.78, 5) is 39.5. The highest BCUT2D eigenvalue weighted by Gasteiger charge is 2.26. The van der Waals surface area contributed by atoms with Crippen molar-refractivity contribution in [3.8, 4) is 0 Å². The average Bonchev–Trinajstić information content (AvgIpc) is 3.30. The summed E-state index contributed by atoms with van der Waals surface area (Å²) >= 11 is 3.11. The maximum Gasteiger partial charge on any atom is 0.289 e. The van der Waals surface area contributed by atoms with Gasteiger partial charge in [-0.15, -0.1) is 0 Å². The Balaban J connectivity index is 1.45. The first-order chi connectivity index (χ1) is 12.0. The lowest BCUT2D eigenvalue weighted by atomic mass is 10.2. The largest absolute Gasteiger partial charge is 0.459 e. The second kappa shape index (κ2) is 7.56. The number of furan rings is 2. The van der Waals surface area contributed by atoms with Crippen LogP contribution in [0.1, 0.15) is 21.1 Å². The van der Waals surface area contributed by atoms with Gasteiger partial charge in [0.1, 0.15) is 0 Å². The van der Waals surface area contributed by atoms with Crippen molar-refractivity contribution in [3.63, 3.8) is 0 Å². The SMILES string of the molecule is O=C(NCC(=O)N1CCN(C(=O)c2ccco2)CC1)c1ccc(Br)o1. The second-order valence-corrected chi connectivity index (χ2v) is 6.22. The summed E-state index contributed by atoms with van der Waals surface area (Å²) in [7, 11) is 0. The number of nitrogens with one attached hydrogen (secondary N) is 1. The topological polar surface area (TPSA) is 96.0 Å². The fourth-order valence-corrected chi connectivity index (χ4v) is 2.81. The highest BCUT2D eigenvalue weighted by Crippen LogP contribution is 2.14. The van der Waals surface area contributed by atoms with Gasteiger partial charge in [0.25, 0.3) is 11.8 Å². The molecule has 3 amide bonds. The molecule has 0 aromatic carbocycles. The first-order valence-corrected chi connectivity index (χ1v) is 8.48. The number of nitrogens with zero attached hydrogens (tertiary/aromatic N) is 2. The smallest absolute Gasteiger partial charge is 0.289 e. The van der Waals surface area contributed by atoms with E-state index in [0.717, 1.165) is 0 Å². The van der Waals surface area contributed by atoms with E-state index in [1.807, 2.05) is 0 Å². The Labute approximate surface area is 151 Å². The van der Waals surface area contributed by atoms with Gasteiger partial charge in [0.2, 0.25) is 5.91 Å². The van der Waals surface area contributed by atoms with Gasteiger partial charge in [0.15, 0.2) is 16.2 Å². The zero-order chi connectivity index (χ0) is 17.8. The zero-order valence-corrected chi connectivity index (χ0v) is 14.8. The van der Waals surface area contributed by atoms with Gasteiger partial charge in [-0.2, -0.15) is 0 Å². The molecule has 25 heavy (non-hydrogen) atoms. The molecule has 0 atom stereocenters. The Kier molecular flexibility index (Phi) is 5.22. The molecule has 0 aliphatic carbocycles. The molecule has 2 aromatic rings. The molecule has 1 aliphatic rings. The molecular weight excluding hydrogens is 394 g/mol. The average molecular weight is 410 g/mol. The summed E-state index contributed by atoms with van der Waals surface area (Å²) in [6, 6.07) is 6.39. The maximum absolute atomic E-state index is 12.2. The van der Waals surface area contributed by atoms with Gasteiger partial charge in [-0.3, -0.25) is 14.4 Å². The van der Waals surface area contributed by atoms with Gasteiger partial charge in [-0.05, 0) is 40.2 Å². The van der Waals surface area contributed by atoms with Crippen molar-refractivity contribution < 1.29 is 23.2 Å². The van der Waals surface area contributed by atoms with Crippen LogP contribution in [0.5, 0.6) is 0 Å². The molecule has 1 aliphatic heterocycles. The van der Waals surface area contributed by atoms with Gasteiger partial charge in [-0.1, -0.05) is 0 Å². The third-order valence-corrected chi connectivity index (χ3v) is 4.27. The maximum atomic E-state index is 12.2. The molecule has 9 heteroatoms. The van der Waals surface area contributed by atoms with Gasteiger partial charge in [0, 0.05) is 26.2 Å². The van der Waals surface area contributed by atoms with E-state index in [-0.39, 0.29) is 29.9 Å². The molecular formula is C16H16BrN3O5. The number of hydrogen-bond donors (Lipinski definition) is 1. The summed E-state index contributed by atoms with van der Waals surface area (Å²) in [5.41, 5.74) is 0. The summed E-state index contributed by atoms with van der Waals surface area (Å²) in [5, 5.41) is 2.53. The minimum Gasteiger partial charge on any atom is -0.459 e. The van der Waals surface area contributed by atoms with Crippen LogP contribution in [0.3, 0.4) is 0 Å². The Morgan fingerprint density at radius 1 is 1.04 bits per heavy atom. The van der Waals surface area contributed by atoms with Gasteiger partial charge >= 0.3 is 0 Å². The highest BCUT2D eigenvalue weighted by molar-refractivity contribution is 9.10. The van der Waals surface area contributed by atoms with E-state index in [4.69, 9.17) is 8.83 Å². The molecule has 0 spiro atoms. The Hall–Kier alpha value is -2.55. The van der Waals surface area contributed by atoms with E-state index in [0.29, 0.717) is 30.8 Å². The quantitative estimate of drug-likeness (QED) is 0.821. The van der Waals surface area contributed by atoms with Crippen LogP contribution in [0, 0.1) is 0 Å². The summed E-state index contributed by atoms with van der Waals surface area (Å²) in [6.07, 6.45) is 1.45. The van der Waals surface area contributed by atoms with Crippen molar-refractivity contribution in [1.82, 2.24) is 15.1 Å². The van der Waals surface area contributed by atoms with Crippen molar-refractivity contribution in [2.45, 2.75) is 0 Å². The predicted molar refractivity (Wildman–Crippen MR) is 89.9 cm³/mol. The molecule has 1 fully saturated rings. The lowest BCUT2D eigenvalue weighted by molar-refractivity contribution is -0.131. The number of halogens is 1.